The Hall–Kier alpha value is -2.95. The Labute approximate surface area is 176 Å². The number of carboxylic acids is 1. The van der Waals surface area contributed by atoms with Gasteiger partial charge < -0.3 is 19.3 Å². The number of aromatic carboxylic acids is 1. The summed E-state index contributed by atoms with van der Waals surface area (Å²) < 4.78 is 7.87. The lowest BCUT2D eigenvalue weighted by Gasteiger charge is -2.24. The topological polar surface area (TPSA) is 54.7 Å². The van der Waals surface area contributed by atoms with E-state index in [1.807, 2.05) is 18.2 Å². The number of fused-ring (bicyclic) bond motifs is 5. The first kappa shape index (κ1) is 19.0. The van der Waals surface area contributed by atoms with E-state index in [4.69, 9.17) is 4.74 Å². The molecule has 2 heterocycles. The van der Waals surface area contributed by atoms with Crippen molar-refractivity contribution in [1.29, 1.82) is 0 Å². The third-order valence-electron chi connectivity index (χ3n) is 6.89. The van der Waals surface area contributed by atoms with E-state index in [0.717, 1.165) is 24.4 Å². The molecular formula is C25H28N2O3. The Morgan fingerprint density at radius 2 is 1.87 bits per heavy atom. The van der Waals surface area contributed by atoms with Crippen LogP contribution in [0.2, 0.25) is 0 Å². The first-order valence-corrected chi connectivity index (χ1v) is 10.9. The summed E-state index contributed by atoms with van der Waals surface area (Å²) in [5, 5.41) is 10.8. The number of hydrogen-bond donors (Lipinski definition) is 1. The van der Waals surface area contributed by atoms with Crippen LogP contribution in [0.25, 0.3) is 22.2 Å². The number of benzene rings is 2. The molecule has 0 saturated heterocycles. The Morgan fingerprint density at radius 1 is 1.07 bits per heavy atom. The minimum absolute atomic E-state index is 0.352. The van der Waals surface area contributed by atoms with Crippen molar-refractivity contribution in [3.05, 3.63) is 47.5 Å². The van der Waals surface area contributed by atoms with Gasteiger partial charge in [0, 0.05) is 48.4 Å². The highest BCUT2D eigenvalue weighted by Gasteiger charge is 2.30. The molecule has 1 aromatic heterocycles. The van der Waals surface area contributed by atoms with Crippen molar-refractivity contribution in [2.24, 2.45) is 0 Å². The summed E-state index contributed by atoms with van der Waals surface area (Å²) in [6, 6.07) is 12.0. The predicted molar refractivity (Wildman–Crippen MR) is 120 cm³/mol. The van der Waals surface area contributed by atoms with Crippen LogP contribution >= 0.6 is 0 Å². The molecule has 3 aromatic rings. The fourth-order valence-corrected chi connectivity index (χ4v) is 5.36. The van der Waals surface area contributed by atoms with E-state index in [0.29, 0.717) is 11.5 Å². The van der Waals surface area contributed by atoms with Crippen LogP contribution in [0.1, 0.15) is 53.9 Å². The maximum absolute atomic E-state index is 11.7. The number of ether oxygens (including phenoxy) is 1. The molecule has 156 valence electrons. The number of aromatic nitrogens is 1. The highest BCUT2D eigenvalue weighted by atomic mass is 16.5. The van der Waals surface area contributed by atoms with Crippen LogP contribution in [0.3, 0.4) is 0 Å². The molecule has 5 heteroatoms. The average Bonchev–Trinajstić information content (AvgIpc) is 3.03. The van der Waals surface area contributed by atoms with Crippen molar-refractivity contribution in [2.75, 3.05) is 25.6 Å². The maximum Gasteiger partial charge on any atom is 0.335 e. The molecule has 1 aliphatic heterocycles. The van der Waals surface area contributed by atoms with Crippen LogP contribution in [0.15, 0.2) is 36.4 Å². The third-order valence-corrected chi connectivity index (χ3v) is 6.89. The molecule has 0 unspecified atom stereocenters. The standard InChI is InChI=1S/C25H28N2O3/c1-26-12-13-27-22-14-17(25(28)29)8-10-19(22)23(16-6-4-3-5-7-16)24(27)20-11-9-18(30-2)15-21(20)26/h8-11,14-16H,3-7,12-13H2,1-2H3,(H,28,29). The summed E-state index contributed by atoms with van der Waals surface area (Å²) >= 11 is 0. The molecule has 0 amide bonds. The molecule has 2 aromatic carbocycles. The number of likely N-dealkylation sites (N-methyl/N-ethyl adjacent to an activating group) is 1. The molecule has 5 rings (SSSR count). The summed E-state index contributed by atoms with van der Waals surface area (Å²) in [6.07, 6.45) is 6.24. The van der Waals surface area contributed by atoms with Crippen LogP contribution in [-0.2, 0) is 6.54 Å². The molecule has 0 bridgehead atoms. The second kappa shape index (κ2) is 7.38. The lowest BCUT2D eigenvalue weighted by Crippen LogP contribution is -2.20. The Balaban J connectivity index is 1.83. The van der Waals surface area contributed by atoms with Gasteiger partial charge in [0.15, 0.2) is 0 Å². The summed E-state index contributed by atoms with van der Waals surface area (Å²) in [5.74, 6) is 0.506. The highest BCUT2D eigenvalue weighted by molar-refractivity contribution is 5.99. The van der Waals surface area contributed by atoms with Crippen LogP contribution in [0.5, 0.6) is 5.75 Å². The van der Waals surface area contributed by atoms with Crippen LogP contribution in [-0.4, -0.2) is 36.3 Å². The van der Waals surface area contributed by atoms with Gasteiger partial charge in [0.1, 0.15) is 5.75 Å². The van der Waals surface area contributed by atoms with Crippen molar-refractivity contribution in [3.8, 4) is 17.0 Å². The number of carbonyl (C=O) groups is 1. The second-order valence-electron chi connectivity index (χ2n) is 8.59. The quantitative estimate of drug-likeness (QED) is 0.625. The zero-order chi connectivity index (χ0) is 20.8. The summed E-state index contributed by atoms with van der Waals surface area (Å²) in [5.41, 5.74) is 6.45. The Bertz CT molecular complexity index is 1130. The van der Waals surface area contributed by atoms with Gasteiger partial charge in [-0.25, -0.2) is 4.79 Å². The van der Waals surface area contributed by atoms with Crippen molar-refractivity contribution < 1.29 is 14.6 Å². The third kappa shape index (κ3) is 2.95. The van der Waals surface area contributed by atoms with Crippen molar-refractivity contribution >= 4 is 22.6 Å². The van der Waals surface area contributed by atoms with Crippen LogP contribution < -0.4 is 9.64 Å². The van der Waals surface area contributed by atoms with E-state index >= 15 is 0 Å². The number of anilines is 1. The van der Waals surface area contributed by atoms with E-state index in [2.05, 4.69) is 28.6 Å². The number of carboxylic acid groups (broad SMARTS) is 1. The van der Waals surface area contributed by atoms with Gasteiger partial charge in [0.05, 0.1) is 18.4 Å². The highest BCUT2D eigenvalue weighted by Crippen LogP contribution is 2.47. The van der Waals surface area contributed by atoms with Gasteiger partial charge in [0.2, 0.25) is 0 Å². The second-order valence-corrected chi connectivity index (χ2v) is 8.59. The van der Waals surface area contributed by atoms with E-state index in [9.17, 15) is 9.90 Å². The minimum Gasteiger partial charge on any atom is -0.497 e. The molecule has 0 radical (unpaired) electrons. The van der Waals surface area contributed by atoms with Crippen molar-refractivity contribution in [1.82, 2.24) is 4.57 Å². The summed E-state index contributed by atoms with van der Waals surface area (Å²) in [4.78, 5) is 14.0. The summed E-state index contributed by atoms with van der Waals surface area (Å²) in [6.45, 7) is 1.69. The SMILES string of the molecule is COc1ccc2c(c1)N(C)CCn1c-2c(C2CCCCC2)c2ccc(C(=O)O)cc21. The number of hydrogen-bond acceptors (Lipinski definition) is 3. The first-order chi connectivity index (χ1) is 14.6. The zero-order valence-corrected chi connectivity index (χ0v) is 17.6. The fourth-order valence-electron chi connectivity index (χ4n) is 5.36. The average molecular weight is 405 g/mol. The Kier molecular flexibility index (Phi) is 4.69. The number of methoxy groups -OCH3 is 1. The van der Waals surface area contributed by atoms with Gasteiger partial charge >= 0.3 is 5.97 Å². The maximum atomic E-state index is 11.7. The van der Waals surface area contributed by atoms with Gasteiger partial charge in [-0.3, -0.25) is 0 Å². The monoisotopic (exact) mass is 404 g/mol. The van der Waals surface area contributed by atoms with Crippen LogP contribution in [0.4, 0.5) is 5.69 Å². The minimum atomic E-state index is -0.873. The van der Waals surface area contributed by atoms with E-state index in [-0.39, 0.29) is 0 Å². The molecular weight excluding hydrogens is 376 g/mol. The largest absolute Gasteiger partial charge is 0.497 e. The number of rotatable bonds is 3. The van der Waals surface area contributed by atoms with E-state index in [1.165, 1.54) is 60.0 Å². The van der Waals surface area contributed by atoms with Gasteiger partial charge in [-0.1, -0.05) is 25.3 Å². The molecule has 5 nitrogen and oxygen atoms in total. The van der Waals surface area contributed by atoms with Crippen LogP contribution in [0, 0.1) is 0 Å². The Morgan fingerprint density at radius 3 is 2.60 bits per heavy atom. The van der Waals surface area contributed by atoms with Crippen molar-refractivity contribution in [2.45, 2.75) is 44.6 Å². The van der Waals surface area contributed by atoms with Gasteiger partial charge in [-0.2, -0.15) is 0 Å². The summed E-state index contributed by atoms with van der Waals surface area (Å²) in [7, 11) is 3.83. The van der Waals surface area contributed by atoms with E-state index in [1.54, 1.807) is 13.2 Å². The van der Waals surface area contributed by atoms with Crippen molar-refractivity contribution in [3.63, 3.8) is 0 Å². The molecule has 2 aliphatic rings. The fraction of sp³-hybridized carbons (Fsp3) is 0.400. The molecule has 30 heavy (non-hydrogen) atoms. The first-order valence-electron chi connectivity index (χ1n) is 10.9. The molecule has 0 atom stereocenters. The normalized spacial score (nSPS) is 16.8. The molecule has 1 saturated carbocycles. The predicted octanol–water partition coefficient (Wildman–Crippen LogP) is 5.51. The van der Waals surface area contributed by atoms with Gasteiger partial charge in [0.25, 0.3) is 0 Å². The lowest BCUT2D eigenvalue weighted by atomic mass is 9.81. The molecule has 1 N–H and O–H groups in total. The molecule has 1 fully saturated rings. The van der Waals surface area contributed by atoms with E-state index < -0.39 is 5.97 Å². The smallest absolute Gasteiger partial charge is 0.335 e. The lowest BCUT2D eigenvalue weighted by molar-refractivity contribution is 0.0697. The molecule has 1 aliphatic carbocycles. The zero-order valence-electron chi connectivity index (χ0n) is 17.6. The molecule has 0 spiro atoms. The van der Waals surface area contributed by atoms with Gasteiger partial charge in [-0.05, 0) is 48.6 Å². The number of nitrogens with zero attached hydrogens (tertiary/aromatic N) is 2. The van der Waals surface area contributed by atoms with Gasteiger partial charge in [-0.15, -0.1) is 0 Å².